The van der Waals surface area contributed by atoms with Gasteiger partial charge in [0.05, 0.1) is 27.2 Å². The van der Waals surface area contributed by atoms with Crippen molar-refractivity contribution in [1.29, 1.82) is 0 Å². The van der Waals surface area contributed by atoms with E-state index < -0.39 is 10.8 Å². The van der Waals surface area contributed by atoms with Gasteiger partial charge in [-0.25, -0.2) is 0 Å². The molecule has 0 amide bonds. The number of aldehydes is 1. The topological polar surface area (TPSA) is 99.4 Å². The van der Waals surface area contributed by atoms with Crippen molar-refractivity contribution in [2.75, 3.05) is 0 Å². The first kappa shape index (κ1) is 35.5. The molecule has 0 N–H and O–H groups in total. The molecule has 0 aromatic carbocycles. The summed E-state index contributed by atoms with van der Waals surface area (Å²) in [5.41, 5.74) is 1.31. The Hall–Kier alpha value is -2.32. The van der Waals surface area contributed by atoms with Crippen LogP contribution in [0.15, 0.2) is 27.7 Å². The zero-order valence-electron chi connectivity index (χ0n) is 30.0. The number of nitrogens with zero attached hydrogens (tertiary/aromatic N) is 2. The molecule has 9 heteroatoms. The lowest BCUT2D eigenvalue weighted by Crippen LogP contribution is -2.57. The lowest BCUT2D eigenvalue weighted by Gasteiger charge is -2.64. The number of carbonyl (C=O) groups excluding carboxylic acids is 3. The number of Topliss-reactive ketones (excluding diaryl/α,β-unsaturated/α-hetero) is 1. The van der Waals surface area contributed by atoms with E-state index in [2.05, 4.69) is 44.8 Å². The molecule has 0 radical (unpaired) electrons. The molecule has 8 unspecified atom stereocenters. The zero-order valence-corrected chi connectivity index (χ0v) is 31.6. The van der Waals surface area contributed by atoms with Gasteiger partial charge < -0.3 is 13.9 Å². The highest BCUT2D eigenvalue weighted by atomic mass is 35.5. The molecule has 0 saturated heterocycles. The van der Waals surface area contributed by atoms with Crippen molar-refractivity contribution in [2.45, 2.75) is 131 Å². The Balaban J connectivity index is 1.27. The van der Waals surface area contributed by atoms with Crippen LogP contribution in [-0.2, 0) is 24.5 Å². The van der Waals surface area contributed by atoms with Gasteiger partial charge in [-0.3, -0.25) is 9.59 Å². The van der Waals surface area contributed by atoms with Gasteiger partial charge >= 0.3 is 5.97 Å². The summed E-state index contributed by atoms with van der Waals surface area (Å²) in [4.78, 5) is 38.8. The Kier molecular flexibility index (Phi) is 9.45. The number of rotatable bonds is 10. The van der Waals surface area contributed by atoms with Crippen molar-refractivity contribution in [3.8, 4) is 10.8 Å². The summed E-state index contributed by atoms with van der Waals surface area (Å²) in [6.07, 6.45) is 9.37. The third-order valence-corrected chi connectivity index (χ3v) is 14.5. The quantitative estimate of drug-likeness (QED) is 0.180. The number of ether oxygens (including phenoxy) is 1. The fraction of sp³-hybridized carbons (Fsp3) is 0.718. The minimum Gasteiger partial charge on any atom is -0.463 e. The average Bonchev–Trinajstić information content (AvgIpc) is 3.75. The molecule has 0 bridgehead atoms. The summed E-state index contributed by atoms with van der Waals surface area (Å²) in [5, 5.41) is 9.11. The molecule has 3 saturated carbocycles. The Bertz CT molecular complexity index is 1610. The van der Waals surface area contributed by atoms with Crippen molar-refractivity contribution >= 4 is 41.0 Å². The molecule has 2 heterocycles. The number of esters is 1. The van der Waals surface area contributed by atoms with Crippen LogP contribution < -0.4 is 0 Å². The van der Waals surface area contributed by atoms with Gasteiger partial charge in [-0.05, 0) is 122 Å². The van der Waals surface area contributed by atoms with E-state index in [-0.39, 0.29) is 41.0 Å². The molecule has 262 valence electrons. The third-order valence-electron chi connectivity index (χ3n) is 13.3. The molecule has 2 aromatic heterocycles. The van der Waals surface area contributed by atoms with Crippen LogP contribution in [0.2, 0.25) is 4.34 Å². The van der Waals surface area contributed by atoms with Crippen LogP contribution in [-0.4, -0.2) is 34.3 Å². The van der Waals surface area contributed by atoms with Gasteiger partial charge in [0.1, 0.15) is 6.29 Å². The molecule has 7 nitrogen and oxygen atoms in total. The van der Waals surface area contributed by atoms with Crippen LogP contribution in [0.5, 0.6) is 0 Å². The van der Waals surface area contributed by atoms with Crippen LogP contribution in [0.4, 0.5) is 0 Å². The fourth-order valence-electron chi connectivity index (χ4n) is 10.7. The maximum atomic E-state index is 13.9. The monoisotopic (exact) mass is 696 g/mol. The summed E-state index contributed by atoms with van der Waals surface area (Å²) in [6, 6.07) is 3.76. The molecule has 4 aliphatic carbocycles. The van der Waals surface area contributed by atoms with E-state index in [1.807, 2.05) is 19.1 Å². The number of ketones is 1. The van der Waals surface area contributed by atoms with Gasteiger partial charge in [0, 0.05) is 11.8 Å². The van der Waals surface area contributed by atoms with Crippen LogP contribution in [0.3, 0.4) is 0 Å². The fourth-order valence-corrected chi connectivity index (χ4v) is 11.7. The highest BCUT2D eigenvalue weighted by molar-refractivity contribution is 7.19. The third kappa shape index (κ3) is 5.95. The number of aromatic nitrogens is 2. The molecule has 48 heavy (non-hydrogen) atoms. The minimum atomic E-state index is -0.711. The first-order valence-electron chi connectivity index (χ1n) is 18.1. The second-order valence-electron chi connectivity index (χ2n) is 17.1. The summed E-state index contributed by atoms with van der Waals surface area (Å²) < 4.78 is 13.0. The summed E-state index contributed by atoms with van der Waals surface area (Å²) in [6.45, 7) is 17.3. The van der Waals surface area contributed by atoms with Crippen molar-refractivity contribution < 1.29 is 23.5 Å². The van der Waals surface area contributed by atoms with E-state index in [1.165, 1.54) is 29.8 Å². The lowest BCUT2D eigenvalue weighted by molar-refractivity contribution is -0.155. The molecule has 4 aliphatic rings. The normalized spacial score (nSPS) is 34.1. The van der Waals surface area contributed by atoms with E-state index in [1.54, 1.807) is 13.8 Å². The maximum absolute atomic E-state index is 13.9. The summed E-state index contributed by atoms with van der Waals surface area (Å²) in [5.74, 6) is 3.04. The highest BCUT2D eigenvalue weighted by Crippen LogP contribution is 2.70. The Morgan fingerprint density at radius 1 is 1.15 bits per heavy atom. The van der Waals surface area contributed by atoms with Crippen LogP contribution >= 0.6 is 22.9 Å². The average molecular weight is 697 g/mol. The molecule has 0 aliphatic heterocycles. The van der Waals surface area contributed by atoms with Crippen molar-refractivity contribution in [1.82, 2.24) is 10.2 Å². The molecule has 8 atom stereocenters. The highest BCUT2D eigenvalue weighted by Gasteiger charge is 2.64. The predicted octanol–water partition coefficient (Wildman–Crippen LogP) is 9.82. The largest absolute Gasteiger partial charge is 0.463 e. The van der Waals surface area contributed by atoms with Gasteiger partial charge in [0.25, 0.3) is 5.89 Å². The molecule has 0 spiro atoms. The van der Waals surface area contributed by atoms with Crippen molar-refractivity contribution in [3.63, 3.8) is 0 Å². The number of hydrogen-bond acceptors (Lipinski definition) is 8. The number of fused-ring (bicyclic) bond motifs is 5. The Labute approximate surface area is 295 Å². The number of allylic oxidation sites excluding steroid dienone is 2. The van der Waals surface area contributed by atoms with Gasteiger partial charge in [0.15, 0.2) is 5.78 Å². The van der Waals surface area contributed by atoms with Crippen molar-refractivity contribution in [3.05, 3.63) is 33.5 Å². The SMILES string of the molecule is CC(CCC1(C)C(C)CCC2(C)C3CCC4(c5nnc(-c6ccc(Cl)s6)o5)CC(=O)C(C(C)C)=C4C3CCC12)OC(=O)CC(C)(C)C=O. The maximum Gasteiger partial charge on any atom is 0.307 e. The Morgan fingerprint density at radius 2 is 1.90 bits per heavy atom. The van der Waals surface area contributed by atoms with E-state index in [4.69, 9.17) is 20.8 Å². The van der Waals surface area contributed by atoms with E-state index in [0.29, 0.717) is 46.2 Å². The first-order chi connectivity index (χ1) is 22.5. The molecule has 2 aromatic rings. The van der Waals surface area contributed by atoms with E-state index in [0.717, 1.165) is 55.3 Å². The second kappa shape index (κ2) is 12.8. The number of thiophene rings is 1. The van der Waals surface area contributed by atoms with Gasteiger partial charge in [-0.15, -0.1) is 21.5 Å². The standard InChI is InChI=1S/C39H53ClN2O5S/c1-22(2)32-27(44)19-39(35-42-41-34(47-35)28-10-12-30(40)48-28)18-15-26-25(33(32)39)9-11-29-37(7,23(3)13-16-38(26,29)8)17-14-24(4)46-31(45)20-36(5,6)21-43/h10,12,21-26,29H,9,11,13-20H2,1-8H3. The predicted molar refractivity (Wildman–Crippen MR) is 189 cm³/mol. The Morgan fingerprint density at radius 3 is 2.56 bits per heavy atom. The summed E-state index contributed by atoms with van der Waals surface area (Å²) in [7, 11) is 0. The van der Waals surface area contributed by atoms with Crippen LogP contribution in [0.25, 0.3) is 10.8 Å². The van der Waals surface area contributed by atoms with Crippen LogP contribution in [0.1, 0.15) is 125 Å². The summed E-state index contributed by atoms with van der Waals surface area (Å²) >= 11 is 7.65. The van der Waals surface area contributed by atoms with E-state index >= 15 is 0 Å². The lowest BCUT2D eigenvalue weighted by atomic mass is 9.40. The minimum absolute atomic E-state index is 0.101. The van der Waals surface area contributed by atoms with E-state index in [9.17, 15) is 14.4 Å². The van der Waals surface area contributed by atoms with Crippen molar-refractivity contribution in [2.24, 2.45) is 45.8 Å². The number of carbonyl (C=O) groups is 3. The number of halogens is 1. The van der Waals surface area contributed by atoms with Gasteiger partial charge in [-0.1, -0.05) is 60.1 Å². The first-order valence-corrected chi connectivity index (χ1v) is 19.3. The molecule has 6 rings (SSSR count). The molecular formula is C39H53ClN2O5S. The van der Waals surface area contributed by atoms with Gasteiger partial charge in [0.2, 0.25) is 5.89 Å². The second-order valence-corrected chi connectivity index (χ2v) is 18.9. The smallest absolute Gasteiger partial charge is 0.307 e. The van der Waals surface area contributed by atoms with Crippen LogP contribution in [0, 0.1) is 45.8 Å². The molecular weight excluding hydrogens is 644 g/mol. The number of hydrogen-bond donors (Lipinski definition) is 0. The molecule has 3 fully saturated rings. The zero-order chi connectivity index (χ0) is 34.8. The van der Waals surface area contributed by atoms with Gasteiger partial charge in [-0.2, -0.15) is 0 Å².